The highest BCUT2D eigenvalue weighted by atomic mass is 35.5. The number of amides is 1. The maximum atomic E-state index is 12.4. The molecule has 1 aliphatic heterocycles. The van der Waals surface area contributed by atoms with Gasteiger partial charge in [-0.15, -0.1) is 0 Å². The molecule has 1 atom stereocenters. The standard InChI is InChI=1S/C15H16ClNO4/c16-11-3-1-10(2-4-11)12-9-17(7-8-21-12)13(18)15(5-6-15)14(19)20/h1-4,12H,5-9H2,(H,19,20)/t12-/m1/s1. The van der Waals surface area contributed by atoms with E-state index in [1.807, 2.05) is 12.1 Å². The van der Waals surface area contributed by atoms with Gasteiger partial charge in [0.25, 0.3) is 0 Å². The topological polar surface area (TPSA) is 66.8 Å². The Morgan fingerprint density at radius 1 is 1.29 bits per heavy atom. The van der Waals surface area contributed by atoms with E-state index in [-0.39, 0.29) is 12.0 Å². The van der Waals surface area contributed by atoms with E-state index in [1.54, 1.807) is 17.0 Å². The molecule has 112 valence electrons. The predicted octanol–water partition coefficient (Wildman–Crippen LogP) is 2.10. The van der Waals surface area contributed by atoms with Crippen LogP contribution in [-0.2, 0) is 14.3 Å². The number of halogens is 1. The van der Waals surface area contributed by atoms with Gasteiger partial charge in [-0.05, 0) is 30.5 Å². The van der Waals surface area contributed by atoms with E-state index < -0.39 is 11.4 Å². The summed E-state index contributed by atoms with van der Waals surface area (Å²) in [7, 11) is 0. The van der Waals surface area contributed by atoms with Crippen LogP contribution in [0.15, 0.2) is 24.3 Å². The van der Waals surface area contributed by atoms with Crippen LogP contribution in [0.1, 0.15) is 24.5 Å². The molecule has 1 aliphatic carbocycles. The van der Waals surface area contributed by atoms with Crippen molar-refractivity contribution in [3.05, 3.63) is 34.9 Å². The third-order valence-electron chi connectivity index (χ3n) is 4.16. The largest absolute Gasteiger partial charge is 0.480 e. The summed E-state index contributed by atoms with van der Waals surface area (Å²) in [6, 6.07) is 7.29. The van der Waals surface area contributed by atoms with Gasteiger partial charge in [-0.25, -0.2) is 0 Å². The number of aliphatic carboxylic acids is 1. The van der Waals surface area contributed by atoms with E-state index in [0.29, 0.717) is 37.6 Å². The maximum absolute atomic E-state index is 12.4. The zero-order chi connectivity index (χ0) is 15.0. The van der Waals surface area contributed by atoms with Gasteiger partial charge in [0, 0.05) is 11.6 Å². The highest BCUT2D eigenvalue weighted by Crippen LogP contribution is 2.48. The SMILES string of the molecule is O=C(O)C1(C(=O)N2CCO[C@@H](c3ccc(Cl)cc3)C2)CC1. The van der Waals surface area contributed by atoms with Crippen molar-refractivity contribution in [1.82, 2.24) is 4.90 Å². The van der Waals surface area contributed by atoms with Crippen LogP contribution in [0.25, 0.3) is 0 Å². The zero-order valence-corrected chi connectivity index (χ0v) is 12.2. The lowest BCUT2D eigenvalue weighted by Crippen LogP contribution is -2.47. The van der Waals surface area contributed by atoms with Crippen LogP contribution in [0.3, 0.4) is 0 Å². The van der Waals surface area contributed by atoms with Crippen molar-refractivity contribution < 1.29 is 19.4 Å². The fraction of sp³-hybridized carbons (Fsp3) is 0.467. The molecule has 2 aliphatic rings. The Kier molecular flexibility index (Phi) is 3.63. The van der Waals surface area contributed by atoms with Gasteiger partial charge in [0.15, 0.2) is 0 Å². The monoisotopic (exact) mass is 309 g/mol. The van der Waals surface area contributed by atoms with Gasteiger partial charge in [-0.3, -0.25) is 9.59 Å². The van der Waals surface area contributed by atoms with Crippen LogP contribution < -0.4 is 0 Å². The summed E-state index contributed by atoms with van der Waals surface area (Å²) < 4.78 is 5.69. The number of carboxylic acid groups (broad SMARTS) is 1. The first kappa shape index (κ1) is 14.4. The van der Waals surface area contributed by atoms with Crippen molar-refractivity contribution >= 4 is 23.5 Å². The second-order valence-electron chi connectivity index (χ2n) is 5.55. The summed E-state index contributed by atoms with van der Waals surface area (Å²) in [6.45, 7) is 1.24. The molecular formula is C15H16ClNO4. The molecule has 0 bridgehead atoms. The highest BCUT2D eigenvalue weighted by Gasteiger charge is 2.58. The molecule has 3 rings (SSSR count). The number of hydrogen-bond donors (Lipinski definition) is 1. The summed E-state index contributed by atoms with van der Waals surface area (Å²) in [5, 5.41) is 9.87. The second-order valence-corrected chi connectivity index (χ2v) is 5.99. The average Bonchev–Trinajstić information content (AvgIpc) is 3.29. The first-order chi connectivity index (χ1) is 10.0. The molecular weight excluding hydrogens is 294 g/mol. The van der Waals surface area contributed by atoms with Gasteiger partial charge in [0.1, 0.15) is 11.5 Å². The maximum Gasteiger partial charge on any atom is 0.319 e. The molecule has 6 heteroatoms. The predicted molar refractivity (Wildman–Crippen MR) is 76.0 cm³/mol. The van der Waals surface area contributed by atoms with Crippen LogP contribution in [0.4, 0.5) is 0 Å². The smallest absolute Gasteiger partial charge is 0.319 e. The Morgan fingerprint density at radius 3 is 2.52 bits per heavy atom. The van der Waals surface area contributed by atoms with Crippen LogP contribution >= 0.6 is 11.6 Å². The number of carbonyl (C=O) groups is 2. The fourth-order valence-corrected chi connectivity index (χ4v) is 2.79. The Morgan fingerprint density at radius 2 is 1.95 bits per heavy atom. The average molecular weight is 310 g/mol. The number of ether oxygens (including phenoxy) is 1. The van der Waals surface area contributed by atoms with Crippen molar-refractivity contribution in [3.63, 3.8) is 0 Å². The van der Waals surface area contributed by atoms with E-state index in [4.69, 9.17) is 16.3 Å². The van der Waals surface area contributed by atoms with Crippen LogP contribution in [0, 0.1) is 5.41 Å². The summed E-state index contributed by atoms with van der Waals surface area (Å²) in [5.74, 6) is -1.29. The molecule has 1 aromatic carbocycles. The highest BCUT2D eigenvalue weighted by molar-refractivity contribution is 6.30. The lowest BCUT2D eigenvalue weighted by molar-refractivity contribution is -0.157. The van der Waals surface area contributed by atoms with Gasteiger partial charge >= 0.3 is 5.97 Å². The van der Waals surface area contributed by atoms with Crippen LogP contribution in [0.2, 0.25) is 5.02 Å². The third kappa shape index (κ3) is 2.63. The van der Waals surface area contributed by atoms with Crippen molar-refractivity contribution in [2.45, 2.75) is 18.9 Å². The first-order valence-electron chi connectivity index (χ1n) is 6.93. The number of morpholine rings is 1. The summed E-state index contributed by atoms with van der Waals surface area (Å²) in [5.41, 5.74) is -0.237. The molecule has 0 spiro atoms. The Balaban J connectivity index is 1.73. The molecule has 0 aromatic heterocycles. The van der Waals surface area contributed by atoms with Crippen LogP contribution in [0.5, 0.6) is 0 Å². The van der Waals surface area contributed by atoms with Gasteiger partial charge in [0.2, 0.25) is 5.91 Å². The molecule has 1 aromatic rings. The van der Waals surface area contributed by atoms with Crippen molar-refractivity contribution in [2.75, 3.05) is 19.7 Å². The molecule has 1 saturated heterocycles. The molecule has 1 saturated carbocycles. The molecule has 21 heavy (non-hydrogen) atoms. The quantitative estimate of drug-likeness (QED) is 0.868. The lowest BCUT2D eigenvalue weighted by atomic mass is 10.0. The molecule has 0 unspecified atom stereocenters. The van der Waals surface area contributed by atoms with Gasteiger partial charge in [0.05, 0.1) is 13.2 Å². The van der Waals surface area contributed by atoms with Gasteiger partial charge in [-0.2, -0.15) is 0 Å². The third-order valence-corrected chi connectivity index (χ3v) is 4.42. The molecule has 5 nitrogen and oxygen atoms in total. The summed E-state index contributed by atoms with van der Waals surface area (Å²) in [6.07, 6.45) is 0.637. The number of carbonyl (C=O) groups excluding carboxylic acids is 1. The van der Waals surface area contributed by atoms with Crippen molar-refractivity contribution in [1.29, 1.82) is 0 Å². The summed E-state index contributed by atoms with van der Waals surface area (Å²) >= 11 is 5.86. The molecule has 0 radical (unpaired) electrons. The minimum absolute atomic E-state index is 0.232. The van der Waals surface area contributed by atoms with Crippen LogP contribution in [-0.4, -0.2) is 41.6 Å². The number of benzene rings is 1. The minimum Gasteiger partial charge on any atom is -0.480 e. The fourth-order valence-electron chi connectivity index (χ4n) is 2.66. The lowest BCUT2D eigenvalue weighted by Gasteiger charge is -2.34. The van der Waals surface area contributed by atoms with Gasteiger partial charge < -0.3 is 14.7 Å². The minimum atomic E-state index is -1.18. The normalized spacial score (nSPS) is 23.7. The van der Waals surface area contributed by atoms with E-state index in [2.05, 4.69) is 0 Å². The van der Waals surface area contributed by atoms with Crippen molar-refractivity contribution in [2.24, 2.45) is 5.41 Å². The zero-order valence-electron chi connectivity index (χ0n) is 11.4. The number of hydrogen-bond acceptors (Lipinski definition) is 3. The molecule has 1 amide bonds. The number of rotatable bonds is 3. The van der Waals surface area contributed by atoms with E-state index in [1.165, 1.54) is 0 Å². The Hall–Kier alpha value is -1.59. The molecule has 1 N–H and O–H groups in total. The number of carboxylic acids is 1. The first-order valence-corrected chi connectivity index (χ1v) is 7.30. The summed E-state index contributed by atoms with van der Waals surface area (Å²) in [4.78, 5) is 25.3. The van der Waals surface area contributed by atoms with E-state index in [0.717, 1.165) is 5.56 Å². The van der Waals surface area contributed by atoms with Crippen molar-refractivity contribution in [3.8, 4) is 0 Å². The number of nitrogens with zero attached hydrogens (tertiary/aromatic N) is 1. The molecule has 1 heterocycles. The van der Waals surface area contributed by atoms with Gasteiger partial charge in [-0.1, -0.05) is 23.7 Å². The Bertz CT molecular complexity index is 568. The van der Waals surface area contributed by atoms with E-state index in [9.17, 15) is 14.7 Å². The van der Waals surface area contributed by atoms with E-state index >= 15 is 0 Å². The molecule has 2 fully saturated rings. The Labute approximate surface area is 127 Å². The second kappa shape index (κ2) is 5.31.